The molecule has 1 aromatic heterocycles. The molecule has 0 aliphatic rings. The van der Waals surface area contributed by atoms with Gasteiger partial charge in [-0.2, -0.15) is 0 Å². The average Bonchev–Trinajstić information content (AvgIpc) is 2.37. The number of rotatable bonds is 4. The van der Waals surface area contributed by atoms with Crippen molar-refractivity contribution in [3.8, 4) is 0 Å². The van der Waals surface area contributed by atoms with Gasteiger partial charge in [0, 0.05) is 18.0 Å². The summed E-state index contributed by atoms with van der Waals surface area (Å²) in [6, 6.07) is 7.96. The summed E-state index contributed by atoms with van der Waals surface area (Å²) in [6.07, 6.45) is 1.45. The van der Waals surface area contributed by atoms with E-state index in [0.717, 1.165) is 5.56 Å². The highest BCUT2D eigenvalue weighted by Crippen LogP contribution is 2.18. The van der Waals surface area contributed by atoms with Crippen molar-refractivity contribution in [1.82, 2.24) is 9.97 Å². The van der Waals surface area contributed by atoms with Crippen molar-refractivity contribution >= 4 is 17.7 Å². The van der Waals surface area contributed by atoms with Gasteiger partial charge in [-0.05, 0) is 17.7 Å². The zero-order valence-corrected chi connectivity index (χ0v) is 10.1. The van der Waals surface area contributed by atoms with Crippen LogP contribution < -0.4 is 5.56 Å². The zero-order chi connectivity index (χ0) is 13.0. The summed E-state index contributed by atoms with van der Waals surface area (Å²) < 4.78 is 0. The van der Waals surface area contributed by atoms with Crippen molar-refractivity contribution in [2.75, 3.05) is 0 Å². The number of hydrogen-bond donors (Lipinski definition) is 2. The lowest BCUT2D eigenvalue weighted by Crippen LogP contribution is -2.05. The van der Waals surface area contributed by atoms with Gasteiger partial charge in [0.15, 0.2) is 5.16 Å². The monoisotopic (exact) mass is 262 g/mol. The Morgan fingerprint density at radius 2 is 2.00 bits per heavy atom. The first-order valence-corrected chi connectivity index (χ1v) is 6.14. The number of carboxylic acid groups (broad SMARTS) is 1. The Bertz CT molecular complexity index is 607. The third-order valence-corrected chi connectivity index (χ3v) is 3.18. The van der Waals surface area contributed by atoms with Gasteiger partial charge >= 0.3 is 5.97 Å². The van der Waals surface area contributed by atoms with Crippen LogP contribution >= 0.6 is 11.8 Å². The van der Waals surface area contributed by atoms with Crippen LogP contribution in [0.1, 0.15) is 15.9 Å². The summed E-state index contributed by atoms with van der Waals surface area (Å²) in [5, 5.41) is 9.31. The van der Waals surface area contributed by atoms with Crippen molar-refractivity contribution < 1.29 is 9.90 Å². The van der Waals surface area contributed by atoms with Crippen LogP contribution in [0.3, 0.4) is 0 Å². The number of carboxylic acids is 1. The lowest BCUT2D eigenvalue weighted by atomic mass is 10.1. The summed E-state index contributed by atoms with van der Waals surface area (Å²) in [5.41, 5.74) is 1.04. The molecule has 5 nitrogen and oxygen atoms in total. The van der Waals surface area contributed by atoms with Crippen molar-refractivity contribution in [2.45, 2.75) is 10.9 Å². The number of hydrogen-bond acceptors (Lipinski definition) is 4. The van der Waals surface area contributed by atoms with Crippen molar-refractivity contribution in [3.63, 3.8) is 0 Å². The van der Waals surface area contributed by atoms with E-state index < -0.39 is 5.97 Å². The first-order chi connectivity index (χ1) is 8.65. The van der Waals surface area contributed by atoms with Crippen molar-refractivity contribution in [3.05, 3.63) is 58.0 Å². The molecule has 18 heavy (non-hydrogen) atoms. The van der Waals surface area contributed by atoms with E-state index in [9.17, 15) is 9.59 Å². The molecule has 2 rings (SSSR count). The molecule has 0 spiro atoms. The standard InChI is InChI=1S/C12H10N2O3S/c15-10-5-6-13-12(14-10)18-7-8-1-3-9(4-2-8)11(16)17/h1-6H,7H2,(H,16,17)(H,13,14,15). The van der Waals surface area contributed by atoms with Crippen LogP contribution in [0.4, 0.5) is 0 Å². The number of thioether (sulfide) groups is 1. The Kier molecular flexibility index (Phi) is 3.78. The first kappa shape index (κ1) is 12.4. The summed E-state index contributed by atoms with van der Waals surface area (Å²) in [5.74, 6) is -0.324. The summed E-state index contributed by atoms with van der Waals surface area (Å²) >= 11 is 1.39. The number of aromatic carboxylic acids is 1. The van der Waals surface area contributed by atoms with Crippen molar-refractivity contribution in [2.24, 2.45) is 0 Å². The molecular weight excluding hydrogens is 252 g/mol. The van der Waals surface area contributed by atoms with Crippen LogP contribution in [0.5, 0.6) is 0 Å². The topological polar surface area (TPSA) is 83.0 Å². The minimum absolute atomic E-state index is 0.186. The number of benzene rings is 1. The number of nitrogens with one attached hydrogen (secondary N) is 1. The van der Waals surface area contributed by atoms with Crippen LogP contribution in [0.25, 0.3) is 0 Å². The highest BCUT2D eigenvalue weighted by atomic mass is 32.2. The number of aromatic amines is 1. The van der Waals surface area contributed by atoms with E-state index in [1.165, 1.54) is 24.0 Å². The lowest BCUT2D eigenvalue weighted by Gasteiger charge is -2.01. The van der Waals surface area contributed by atoms with Gasteiger partial charge in [-0.15, -0.1) is 0 Å². The highest BCUT2D eigenvalue weighted by Gasteiger charge is 2.02. The Hall–Kier alpha value is -2.08. The normalized spacial score (nSPS) is 10.2. The molecule has 0 atom stereocenters. The molecule has 1 heterocycles. The maximum Gasteiger partial charge on any atom is 0.335 e. The van der Waals surface area contributed by atoms with E-state index in [1.54, 1.807) is 24.3 Å². The van der Waals surface area contributed by atoms with Gasteiger partial charge in [-0.3, -0.25) is 4.79 Å². The van der Waals surface area contributed by atoms with Gasteiger partial charge in [0.05, 0.1) is 5.56 Å². The molecule has 92 valence electrons. The SMILES string of the molecule is O=C(O)c1ccc(CSc2nccc(=O)[nH]2)cc1. The molecule has 0 unspecified atom stereocenters. The van der Waals surface area contributed by atoms with Crippen LogP contribution in [-0.4, -0.2) is 21.0 Å². The predicted octanol–water partition coefficient (Wildman–Crippen LogP) is 1.76. The van der Waals surface area contributed by atoms with E-state index in [-0.39, 0.29) is 11.1 Å². The van der Waals surface area contributed by atoms with Crippen molar-refractivity contribution in [1.29, 1.82) is 0 Å². The summed E-state index contributed by atoms with van der Waals surface area (Å²) in [4.78, 5) is 28.3. The second kappa shape index (κ2) is 5.50. The summed E-state index contributed by atoms with van der Waals surface area (Å²) in [6.45, 7) is 0. The number of H-pyrrole nitrogens is 1. The van der Waals surface area contributed by atoms with Gasteiger partial charge in [0.1, 0.15) is 0 Å². The minimum atomic E-state index is -0.941. The molecule has 6 heteroatoms. The van der Waals surface area contributed by atoms with E-state index in [0.29, 0.717) is 10.9 Å². The zero-order valence-electron chi connectivity index (χ0n) is 9.29. The molecule has 0 radical (unpaired) electrons. The number of aromatic nitrogens is 2. The van der Waals surface area contributed by atoms with Gasteiger partial charge in [0.25, 0.3) is 5.56 Å². The fourth-order valence-electron chi connectivity index (χ4n) is 1.32. The second-order valence-electron chi connectivity index (χ2n) is 3.53. The Morgan fingerprint density at radius 3 is 2.61 bits per heavy atom. The quantitative estimate of drug-likeness (QED) is 0.648. The maximum absolute atomic E-state index is 11.0. The van der Waals surface area contributed by atoms with Crippen LogP contribution in [0, 0.1) is 0 Å². The minimum Gasteiger partial charge on any atom is -0.478 e. The Labute approximate surface area is 107 Å². The largest absolute Gasteiger partial charge is 0.478 e. The Balaban J connectivity index is 2.02. The van der Waals surface area contributed by atoms with E-state index in [2.05, 4.69) is 9.97 Å². The summed E-state index contributed by atoms with van der Waals surface area (Å²) in [7, 11) is 0. The van der Waals surface area contributed by atoms with Gasteiger partial charge < -0.3 is 10.1 Å². The molecule has 0 aliphatic heterocycles. The van der Waals surface area contributed by atoms with Crippen LogP contribution in [0.2, 0.25) is 0 Å². The molecule has 0 bridgehead atoms. The van der Waals surface area contributed by atoms with E-state index in [4.69, 9.17) is 5.11 Å². The lowest BCUT2D eigenvalue weighted by molar-refractivity contribution is 0.0697. The maximum atomic E-state index is 11.0. The average molecular weight is 262 g/mol. The van der Waals surface area contributed by atoms with Gasteiger partial charge in [0.2, 0.25) is 0 Å². The molecule has 0 saturated heterocycles. The molecular formula is C12H10N2O3S. The molecule has 2 N–H and O–H groups in total. The third-order valence-electron chi connectivity index (χ3n) is 2.22. The molecule has 0 saturated carbocycles. The van der Waals surface area contributed by atoms with E-state index >= 15 is 0 Å². The molecule has 2 aromatic rings. The molecule has 0 aliphatic carbocycles. The number of nitrogens with zero attached hydrogens (tertiary/aromatic N) is 1. The van der Waals surface area contributed by atoms with Gasteiger partial charge in [-0.25, -0.2) is 9.78 Å². The van der Waals surface area contributed by atoms with Crippen LogP contribution in [-0.2, 0) is 5.75 Å². The smallest absolute Gasteiger partial charge is 0.335 e. The number of carbonyl (C=O) groups is 1. The molecule has 0 amide bonds. The highest BCUT2D eigenvalue weighted by molar-refractivity contribution is 7.98. The third kappa shape index (κ3) is 3.21. The second-order valence-corrected chi connectivity index (χ2v) is 4.49. The fourth-order valence-corrected chi connectivity index (χ4v) is 2.12. The molecule has 1 aromatic carbocycles. The Morgan fingerprint density at radius 1 is 1.28 bits per heavy atom. The first-order valence-electron chi connectivity index (χ1n) is 5.15. The van der Waals surface area contributed by atoms with Gasteiger partial charge in [-0.1, -0.05) is 23.9 Å². The van der Waals surface area contributed by atoms with E-state index in [1.807, 2.05) is 0 Å². The molecule has 0 fully saturated rings. The predicted molar refractivity (Wildman–Crippen MR) is 67.8 cm³/mol. The fraction of sp³-hybridized carbons (Fsp3) is 0.0833. The van der Waals surface area contributed by atoms with Crippen LogP contribution in [0.15, 0.2) is 46.5 Å².